The number of aliphatic hydroxyl groups is 1. The Morgan fingerprint density at radius 3 is 2.67 bits per heavy atom. The van der Waals surface area contributed by atoms with Crippen LogP contribution in [0.2, 0.25) is 0 Å². The first-order valence-electron chi connectivity index (χ1n) is 7.49. The maximum absolute atomic E-state index is 10.3. The topological polar surface area (TPSA) is 50.7 Å². The summed E-state index contributed by atoms with van der Waals surface area (Å²) < 4.78 is 11.3. The molecule has 2 N–H and O–H groups in total. The minimum absolute atomic E-state index is 0.123. The normalized spacial score (nSPS) is 24.8. The molecule has 0 bridgehead atoms. The number of aliphatic hydroxyl groups excluding tert-OH is 1. The van der Waals surface area contributed by atoms with E-state index in [9.17, 15) is 5.11 Å². The van der Waals surface area contributed by atoms with E-state index in [0.717, 1.165) is 17.7 Å². The van der Waals surface area contributed by atoms with Crippen LogP contribution in [0.25, 0.3) is 0 Å². The van der Waals surface area contributed by atoms with Crippen LogP contribution in [0.5, 0.6) is 5.75 Å². The van der Waals surface area contributed by atoms with Crippen LogP contribution in [0.15, 0.2) is 24.3 Å². The number of hydrogen-bond acceptors (Lipinski definition) is 4. The number of methoxy groups -OCH3 is 1. The fourth-order valence-electron chi connectivity index (χ4n) is 3.10. The molecule has 2 atom stereocenters. The van der Waals surface area contributed by atoms with Crippen LogP contribution in [-0.4, -0.2) is 36.0 Å². The summed E-state index contributed by atoms with van der Waals surface area (Å²) in [5.41, 5.74) is 0.512. The van der Waals surface area contributed by atoms with Gasteiger partial charge in [0.15, 0.2) is 0 Å². The molecule has 4 heteroatoms. The van der Waals surface area contributed by atoms with Crippen molar-refractivity contribution in [2.75, 3.05) is 13.7 Å². The fraction of sp³-hybridized carbons (Fsp3) is 0.647. The van der Waals surface area contributed by atoms with E-state index in [1.165, 1.54) is 0 Å². The predicted octanol–water partition coefficient (Wildman–Crippen LogP) is 2.66. The fourth-order valence-corrected chi connectivity index (χ4v) is 3.10. The average molecular weight is 293 g/mol. The van der Waals surface area contributed by atoms with Crippen molar-refractivity contribution < 1.29 is 14.6 Å². The van der Waals surface area contributed by atoms with Gasteiger partial charge in [0, 0.05) is 12.6 Å². The second kappa shape index (κ2) is 5.95. The lowest BCUT2D eigenvalue weighted by atomic mass is 9.94. The van der Waals surface area contributed by atoms with Crippen LogP contribution >= 0.6 is 0 Å². The maximum atomic E-state index is 10.3. The molecule has 0 unspecified atom stereocenters. The minimum atomic E-state index is -0.556. The van der Waals surface area contributed by atoms with Gasteiger partial charge in [0.2, 0.25) is 0 Å². The number of benzene rings is 1. The third kappa shape index (κ3) is 3.96. The van der Waals surface area contributed by atoms with Gasteiger partial charge in [0.05, 0.1) is 24.4 Å². The van der Waals surface area contributed by atoms with Gasteiger partial charge in [0.1, 0.15) is 5.75 Å². The highest BCUT2D eigenvalue weighted by Crippen LogP contribution is 2.37. The smallest absolute Gasteiger partial charge is 0.119 e. The van der Waals surface area contributed by atoms with Crippen molar-refractivity contribution in [3.05, 3.63) is 29.8 Å². The Hall–Kier alpha value is -1.10. The van der Waals surface area contributed by atoms with Crippen molar-refractivity contribution in [1.82, 2.24) is 5.32 Å². The zero-order chi connectivity index (χ0) is 15.7. The second-order valence-corrected chi connectivity index (χ2v) is 6.92. The summed E-state index contributed by atoms with van der Waals surface area (Å²) in [6.07, 6.45) is 0.379. The molecule has 1 aliphatic heterocycles. The van der Waals surface area contributed by atoms with E-state index >= 15 is 0 Å². The molecule has 118 valence electrons. The first kappa shape index (κ1) is 16.3. The monoisotopic (exact) mass is 293 g/mol. The maximum Gasteiger partial charge on any atom is 0.119 e. The molecule has 0 amide bonds. The Morgan fingerprint density at radius 2 is 2.10 bits per heavy atom. The standard InChI is InChI=1S/C17H27NO3/c1-16(2)10-15(17(3,4)21-16)18-11-14(19)12-7-6-8-13(9-12)20-5/h6-9,14-15,18-19H,10-11H2,1-5H3/t14-,15+/m1/s1. The van der Waals surface area contributed by atoms with Gasteiger partial charge in [-0.05, 0) is 51.8 Å². The Bertz CT molecular complexity index is 485. The highest BCUT2D eigenvalue weighted by atomic mass is 16.5. The molecule has 21 heavy (non-hydrogen) atoms. The van der Waals surface area contributed by atoms with Crippen LogP contribution in [0.4, 0.5) is 0 Å². The lowest BCUT2D eigenvalue weighted by Gasteiger charge is -2.28. The second-order valence-electron chi connectivity index (χ2n) is 6.92. The Balaban J connectivity index is 1.96. The molecule has 0 saturated carbocycles. The average Bonchev–Trinajstić information content (AvgIpc) is 2.63. The molecule has 1 aliphatic rings. The number of hydrogen-bond donors (Lipinski definition) is 2. The molecule has 1 aromatic carbocycles. The van der Waals surface area contributed by atoms with Gasteiger partial charge >= 0.3 is 0 Å². The molecule has 1 fully saturated rings. The molecular weight excluding hydrogens is 266 g/mol. The molecule has 1 heterocycles. The van der Waals surface area contributed by atoms with E-state index in [0.29, 0.717) is 6.54 Å². The van der Waals surface area contributed by atoms with Gasteiger partial charge in [-0.15, -0.1) is 0 Å². The third-order valence-electron chi connectivity index (χ3n) is 4.11. The SMILES string of the molecule is COc1cccc([C@H](O)CN[C@H]2CC(C)(C)OC2(C)C)c1. The van der Waals surface area contributed by atoms with E-state index in [-0.39, 0.29) is 17.2 Å². The number of rotatable bonds is 5. The van der Waals surface area contributed by atoms with Crippen molar-refractivity contribution >= 4 is 0 Å². The summed E-state index contributed by atoms with van der Waals surface area (Å²) >= 11 is 0. The van der Waals surface area contributed by atoms with Gasteiger partial charge in [-0.3, -0.25) is 0 Å². The molecular formula is C17H27NO3. The quantitative estimate of drug-likeness (QED) is 0.876. The van der Waals surface area contributed by atoms with Gasteiger partial charge in [0.25, 0.3) is 0 Å². The molecule has 2 rings (SSSR count). The van der Waals surface area contributed by atoms with E-state index in [1.807, 2.05) is 24.3 Å². The third-order valence-corrected chi connectivity index (χ3v) is 4.11. The Kier molecular flexibility index (Phi) is 4.61. The summed E-state index contributed by atoms with van der Waals surface area (Å²) in [4.78, 5) is 0. The zero-order valence-electron chi connectivity index (χ0n) is 13.6. The van der Waals surface area contributed by atoms with Gasteiger partial charge in [-0.25, -0.2) is 0 Å². The van der Waals surface area contributed by atoms with Gasteiger partial charge in [-0.2, -0.15) is 0 Å². The van der Waals surface area contributed by atoms with Crippen LogP contribution in [0, 0.1) is 0 Å². The van der Waals surface area contributed by atoms with E-state index < -0.39 is 6.10 Å². The van der Waals surface area contributed by atoms with Crippen LogP contribution in [-0.2, 0) is 4.74 Å². The largest absolute Gasteiger partial charge is 0.497 e. The van der Waals surface area contributed by atoms with Crippen LogP contribution < -0.4 is 10.1 Å². The summed E-state index contributed by atoms with van der Waals surface area (Å²) in [6, 6.07) is 7.78. The molecule has 0 aromatic heterocycles. The van der Waals surface area contributed by atoms with E-state index in [2.05, 4.69) is 33.0 Å². The molecule has 1 aromatic rings. The van der Waals surface area contributed by atoms with Crippen LogP contribution in [0.1, 0.15) is 45.8 Å². The highest BCUT2D eigenvalue weighted by molar-refractivity contribution is 5.29. The van der Waals surface area contributed by atoms with Crippen molar-refractivity contribution in [2.45, 2.75) is 57.5 Å². The highest BCUT2D eigenvalue weighted by Gasteiger charge is 2.45. The first-order valence-corrected chi connectivity index (χ1v) is 7.49. The van der Waals surface area contributed by atoms with E-state index in [4.69, 9.17) is 9.47 Å². The lowest BCUT2D eigenvalue weighted by Crippen LogP contribution is -2.44. The molecule has 0 aliphatic carbocycles. The summed E-state index contributed by atoms with van der Waals surface area (Å²) in [5, 5.41) is 13.8. The minimum Gasteiger partial charge on any atom is -0.497 e. The van der Waals surface area contributed by atoms with Crippen LogP contribution in [0.3, 0.4) is 0 Å². The summed E-state index contributed by atoms with van der Waals surface area (Å²) in [7, 11) is 1.63. The predicted molar refractivity (Wildman–Crippen MR) is 83.6 cm³/mol. The molecule has 1 saturated heterocycles. The van der Waals surface area contributed by atoms with Crippen molar-refractivity contribution in [1.29, 1.82) is 0 Å². The molecule has 4 nitrogen and oxygen atoms in total. The molecule has 0 radical (unpaired) electrons. The zero-order valence-corrected chi connectivity index (χ0v) is 13.6. The van der Waals surface area contributed by atoms with Gasteiger partial charge < -0.3 is 19.9 Å². The number of ether oxygens (including phenoxy) is 2. The van der Waals surface area contributed by atoms with Crippen molar-refractivity contribution in [3.8, 4) is 5.75 Å². The lowest BCUT2D eigenvalue weighted by molar-refractivity contribution is -0.0702. The van der Waals surface area contributed by atoms with Crippen molar-refractivity contribution in [2.24, 2.45) is 0 Å². The number of nitrogens with one attached hydrogen (secondary N) is 1. The first-order chi connectivity index (χ1) is 9.73. The summed E-state index contributed by atoms with van der Waals surface area (Å²) in [5.74, 6) is 0.761. The summed E-state index contributed by atoms with van der Waals surface area (Å²) in [6.45, 7) is 8.90. The molecule has 0 spiro atoms. The van der Waals surface area contributed by atoms with Gasteiger partial charge in [-0.1, -0.05) is 12.1 Å². The Labute approximate surface area is 127 Å². The Morgan fingerprint density at radius 1 is 1.38 bits per heavy atom. The van der Waals surface area contributed by atoms with E-state index in [1.54, 1.807) is 7.11 Å². The van der Waals surface area contributed by atoms with Crippen molar-refractivity contribution in [3.63, 3.8) is 0 Å².